The molecule has 5 heteroatoms. The van der Waals surface area contributed by atoms with Gasteiger partial charge in [0.1, 0.15) is 0 Å². The number of anilines is 1. The van der Waals surface area contributed by atoms with Crippen molar-refractivity contribution in [1.82, 2.24) is 9.88 Å². The molecule has 1 unspecified atom stereocenters. The van der Waals surface area contributed by atoms with E-state index >= 15 is 0 Å². The third-order valence-electron chi connectivity index (χ3n) is 3.43. The fourth-order valence-corrected chi connectivity index (χ4v) is 2.42. The molecule has 18 heavy (non-hydrogen) atoms. The van der Waals surface area contributed by atoms with Crippen molar-refractivity contribution in [3.8, 4) is 0 Å². The second kappa shape index (κ2) is 5.82. The Kier molecular flexibility index (Phi) is 4.15. The number of carbonyl (C=O) groups excluding carboxylic acids is 1. The van der Waals surface area contributed by atoms with E-state index in [4.69, 9.17) is 10.8 Å². The molecule has 1 aliphatic heterocycles. The summed E-state index contributed by atoms with van der Waals surface area (Å²) in [6, 6.07) is 1.64. The maximum atomic E-state index is 12.3. The summed E-state index contributed by atoms with van der Waals surface area (Å²) in [4.78, 5) is 18.1. The molecule has 3 N–H and O–H groups in total. The monoisotopic (exact) mass is 249 g/mol. The number of piperidine rings is 1. The van der Waals surface area contributed by atoms with Crippen LogP contribution >= 0.6 is 0 Å². The van der Waals surface area contributed by atoms with E-state index in [1.54, 1.807) is 12.3 Å². The molecule has 0 radical (unpaired) electrons. The van der Waals surface area contributed by atoms with Gasteiger partial charge < -0.3 is 15.7 Å². The number of hydrogen-bond donors (Lipinski definition) is 2. The Bertz CT molecular complexity index is 420. The molecule has 1 atom stereocenters. The smallest absolute Gasteiger partial charge is 0.257 e. The minimum absolute atomic E-state index is 0.0526. The number of pyridine rings is 1. The van der Waals surface area contributed by atoms with Gasteiger partial charge in [-0.25, -0.2) is 0 Å². The van der Waals surface area contributed by atoms with E-state index in [0.29, 0.717) is 23.7 Å². The normalized spacial score (nSPS) is 19.8. The summed E-state index contributed by atoms with van der Waals surface area (Å²) in [7, 11) is 0. The summed E-state index contributed by atoms with van der Waals surface area (Å²) in [6.07, 6.45) is 5.92. The summed E-state index contributed by atoms with van der Waals surface area (Å²) in [5, 5.41) is 8.97. The largest absolute Gasteiger partial charge is 0.398 e. The molecule has 1 fully saturated rings. The van der Waals surface area contributed by atoms with Crippen LogP contribution < -0.4 is 5.73 Å². The van der Waals surface area contributed by atoms with Crippen molar-refractivity contribution in [3.63, 3.8) is 0 Å². The van der Waals surface area contributed by atoms with Crippen LogP contribution in [-0.4, -0.2) is 40.6 Å². The van der Waals surface area contributed by atoms with E-state index in [1.807, 2.05) is 4.90 Å². The lowest BCUT2D eigenvalue weighted by Gasteiger charge is -2.32. The van der Waals surface area contributed by atoms with Crippen LogP contribution in [0.2, 0.25) is 0 Å². The van der Waals surface area contributed by atoms with E-state index in [1.165, 1.54) is 6.20 Å². The molecule has 0 aromatic carbocycles. The molecule has 2 rings (SSSR count). The van der Waals surface area contributed by atoms with Crippen LogP contribution in [0.3, 0.4) is 0 Å². The molecule has 0 bridgehead atoms. The number of hydrogen-bond acceptors (Lipinski definition) is 4. The number of nitrogens with two attached hydrogens (primary N) is 1. The zero-order chi connectivity index (χ0) is 13.0. The fourth-order valence-electron chi connectivity index (χ4n) is 2.42. The molecule has 1 aliphatic rings. The number of aliphatic hydroxyl groups excluding tert-OH is 1. The number of rotatable bonds is 3. The standard InChI is InChI=1S/C13H19N3O2/c14-12-3-5-15-8-11(12)13(18)16-6-1-2-10(9-16)4-7-17/h3,5,8,10,17H,1-2,4,6-7,9H2,(H2,14,15). The zero-order valence-corrected chi connectivity index (χ0v) is 10.4. The van der Waals surface area contributed by atoms with E-state index in [2.05, 4.69) is 4.98 Å². The summed E-state index contributed by atoms with van der Waals surface area (Å²) in [6.45, 7) is 1.64. The second-order valence-corrected chi connectivity index (χ2v) is 4.73. The van der Waals surface area contributed by atoms with Gasteiger partial charge in [0, 0.05) is 37.8 Å². The van der Waals surface area contributed by atoms with Gasteiger partial charge in [-0.05, 0) is 31.2 Å². The van der Waals surface area contributed by atoms with Crippen molar-refractivity contribution in [2.45, 2.75) is 19.3 Å². The molecule has 0 aliphatic carbocycles. The minimum atomic E-state index is -0.0526. The van der Waals surface area contributed by atoms with Crippen molar-refractivity contribution in [2.24, 2.45) is 5.92 Å². The van der Waals surface area contributed by atoms with Gasteiger partial charge in [-0.1, -0.05) is 0 Å². The van der Waals surface area contributed by atoms with Gasteiger partial charge in [0.15, 0.2) is 0 Å². The number of aromatic nitrogens is 1. The van der Waals surface area contributed by atoms with E-state index < -0.39 is 0 Å². The molecule has 1 aromatic heterocycles. The first-order chi connectivity index (χ1) is 8.72. The lowest BCUT2D eigenvalue weighted by molar-refractivity contribution is 0.0654. The fraction of sp³-hybridized carbons (Fsp3) is 0.538. The summed E-state index contributed by atoms with van der Waals surface area (Å²) >= 11 is 0. The minimum Gasteiger partial charge on any atom is -0.398 e. The predicted octanol–water partition coefficient (Wildman–Crippen LogP) is 0.898. The Morgan fingerprint density at radius 2 is 2.44 bits per heavy atom. The summed E-state index contributed by atoms with van der Waals surface area (Å²) in [5.41, 5.74) is 6.74. The van der Waals surface area contributed by atoms with Gasteiger partial charge in [-0.15, -0.1) is 0 Å². The molecule has 0 spiro atoms. The first kappa shape index (κ1) is 12.8. The van der Waals surface area contributed by atoms with Crippen molar-refractivity contribution in [3.05, 3.63) is 24.0 Å². The molecule has 1 aromatic rings. The predicted molar refractivity (Wildman–Crippen MR) is 69.0 cm³/mol. The van der Waals surface area contributed by atoms with Gasteiger partial charge in [0.05, 0.1) is 5.56 Å². The number of nitrogens with zero attached hydrogens (tertiary/aromatic N) is 2. The first-order valence-corrected chi connectivity index (χ1v) is 6.32. The molecule has 1 amide bonds. The van der Waals surface area contributed by atoms with Crippen LogP contribution in [0, 0.1) is 5.92 Å². The lowest BCUT2D eigenvalue weighted by Crippen LogP contribution is -2.40. The van der Waals surface area contributed by atoms with Gasteiger partial charge >= 0.3 is 0 Å². The summed E-state index contributed by atoms with van der Waals surface area (Å²) < 4.78 is 0. The third-order valence-corrected chi connectivity index (χ3v) is 3.43. The van der Waals surface area contributed by atoms with Crippen LogP contribution in [0.1, 0.15) is 29.6 Å². The van der Waals surface area contributed by atoms with Gasteiger partial charge in [0.2, 0.25) is 0 Å². The molecular weight excluding hydrogens is 230 g/mol. The van der Waals surface area contributed by atoms with Crippen LogP contribution in [0.15, 0.2) is 18.5 Å². The highest BCUT2D eigenvalue weighted by molar-refractivity contribution is 5.98. The van der Waals surface area contributed by atoms with E-state index in [9.17, 15) is 4.79 Å². The van der Waals surface area contributed by atoms with Crippen LogP contribution in [0.4, 0.5) is 5.69 Å². The Morgan fingerprint density at radius 1 is 1.61 bits per heavy atom. The molecule has 5 nitrogen and oxygen atoms in total. The van der Waals surface area contributed by atoms with Crippen LogP contribution in [0.5, 0.6) is 0 Å². The van der Waals surface area contributed by atoms with Crippen LogP contribution in [0.25, 0.3) is 0 Å². The molecule has 2 heterocycles. The third kappa shape index (κ3) is 2.79. The highest BCUT2D eigenvalue weighted by Crippen LogP contribution is 2.22. The van der Waals surface area contributed by atoms with Crippen molar-refractivity contribution < 1.29 is 9.90 Å². The van der Waals surface area contributed by atoms with Crippen molar-refractivity contribution >= 4 is 11.6 Å². The number of likely N-dealkylation sites (tertiary alicyclic amines) is 1. The van der Waals surface area contributed by atoms with Gasteiger partial charge in [-0.3, -0.25) is 9.78 Å². The van der Waals surface area contributed by atoms with Crippen molar-refractivity contribution in [1.29, 1.82) is 0 Å². The van der Waals surface area contributed by atoms with Gasteiger partial charge in [-0.2, -0.15) is 0 Å². The Hall–Kier alpha value is -1.62. The highest BCUT2D eigenvalue weighted by Gasteiger charge is 2.25. The maximum absolute atomic E-state index is 12.3. The quantitative estimate of drug-likeness (QED) is 0.834. The summed E-state index contributed by atoms with van der Waals surface area (Å²) in [5.74, 6) is 0.342. The average Bonchev–Trinajstić information content (AvgIpc) is 2.39. The van der Waals surface area contributed by atoms with Crippen molar-refractivity contribution in [2.75, 3.05) is 25.4 Å². The SMILES string of the molecule is Nc1ccncc1C(=O)N1CCCC(CCO)C1. The second-order valence-electron chi connectivity index (χ2n) is 4.73. The van der Waals surface area contributed by atoms with Gasteiger partial charge in [0.25, 0.3) is 5.91 Å². The molecular formula is C13H19N3O2. The number of aliphatic hydroxyl groups is 1. The topological polar surface area (TPSA) is 79.5 Å². The molecule has 1 saturated heterocycles. The molecule has 98 valence electrons. The average molecular weight is 249 g/mol. The number of carbonyl (C=O) groups is 1. The molecule has 0 saturated carbocycles. The Labute approximate surface area is 107 Å². The lowest BCUT2D eigenvalue weighted by atomic mass is 9.94. The maximum Gasteiger partial charge on any atom is 0.257 e. The van der Waals surface area contributed by atoms with E-state index in [-0.39, 0.29) is 12.5 Å². The Balaban J connectivity index is 2.07. The highest BCUT2D eigenvalue weighted by atomic mass is 16.3. The zero-order valence-electron chi connectivity index (χ0n) is 10.4. The number of nitrogen functional groups attached to an aromatic ring is 1. The first-order valence-electron chi connectivity index (χ1n) is 6.32. The number of amides is 1. The van der Waals surface area contributed by atoms with E-state index in [0.717, 1.165) is 25.8 Å². The van der Waals surface area contributed by atoms with Crippen LogP contribution in [-0.2, 0) is 0 Å². The Morgan fingerprint density at radius 3 is 3.17 bits per heavy atom.